The zero-order valence-electron chi connectivity index (χ0n) is 14.6. The summed E-state index contributed by atoms with van der Waals surface area (Å²) in [6, 6.07) is 16.2. The second-order valence-corrected chi connectivity index (χ2v) is 6.05. The van der Waals surface area contributed by atoms with E-state index in [0.29, 0.717) is 11.3 Å². The number of carbonyl (C=O) groups excluding carboxylic acids is 2. The van der Waals surface area contributed by atoms with E-state index in [4.69, 9.17) is 5.26 Å². The topological polar surface area (TPSA) is 73.2 Å². The fourth-order valence-electron chi connectivity index (χ4n) is 2.55. The summed E-state index contributed by atoms with van der Waals surface area (Å²) in [5, 5.41) is 11.7. The molecule has 25 heavy (non-hydrogen) atoms. The number of benzene rings is 2. The third kappa shape index (κ3) is 4.67. The number of nitrogens with one attached hydrogen (secondary N) is 1. The number of para-hydroxylation sites is 1. The van der Waals surface area contributed by atoms with E-state index >= 15 is 0 Å². The number of anilines is 2. The third-order valence-corrected chi connectivity index (χ3v) is 3.85. The summed E-state index contributed by atoms with van der Waals surface area (Å²) in [6.07, 6.45) is 0. The van der Waals surface area contributed by atoms with Gasteiger partial charge in [0.2, 0.25) is 11.8 Å². The maximum Gasteiger partial charge on any atom is 0.244 e. The number of hydrogen-bond donors (Lipinski definition) is 1. The molecule has 1 N–H and O–H groups in total. The van der Waals surface area contributed by atoms with E-state index in [1.54, 1.807) is 24.3 Å². The van der Waals surface area contributed by atoms with Gasteiger partial charge in [-0.15, -0.1) is 0 Å². The maximum absolute atomic E-state index is 12.4. The summed E-state index contributed by atoms with van der Waals surface area (Å²) >= 11 is 0. The molecule has 2 aromatic carbocycles. The Kier molecular flexibility index (Phi) is 5.91. The Morgan fingerprint density at radius 2 is 1.76 bits per heavy atom. The molecule has 0 aromatic heterocycles. The van der Waals surface area contributed by atoms with Gasteiger partial charge in [0.25, 0.3) is 0 Å². The average molecular weight is 335 g/mol. The number of hydrogen-bond acceptors (Lipinski definition) is 3. The van der Waals surface area contributed by atoms with Crippen molar-refractivity contribution < 1.29 is 9.59 Å². The molecule has 0 unspecified atom stereocenters. The summed E-state index contributed by atoms with van der Waals surface area (Å²) in [7, 11) is 0. The monoisotopic (exact) mass is 335 g/mol. The van der Waals surface area contributed by atoms with Gasteiger partial charge in [0, 0.05) is 18.3 Å². The molecule has 0 bridgehead atoms. The molecule has 2 amide bonds. The van der Waals surface area contributed by atoms with Crippen LogP contribution in [0.25, 0.3) is 0 Å². The number of nitriles is 1. The van der Waals surface area contributed by atoms with E-state index in [2.05, 4.69) is 19.2 Å². The normalized spacial score (nSPS) is 10.2. The lowest BCUT2D eigenvalue weighted by atomic mass is 10.0. The molecule has 0 spiro atoms. The van der Waals surface area contributed by atoms with E-state index in [9.17, 15) is 9.59 Å². The third-order valence-electron chi connectivity index (χ3n) is 3.85. The van der Waals surface area contributed by atoms with Crippen molar-refractivity contribution in [2.75, 3.05) is 16.8 Å². The Morgan fingerprint density at radius 1 is 1.12 bits per heavy atom. The van der Waals surface area contributed by atoms with Gasteiger partial charge >= 0.3 is 0 Å². The molecule has 2 aromatic rings. The van der Waals surface area contributed by atoms with Gasteiger partial charge in [-0.25, -0.2) is 0 Å². The van der Waals surface area contributed by atoms with Crippen LogP contribution in [0.1, 0.15) is 37.8 Å². The first-order valence-corrected chi connectivity index (χ1v) is 8.09. The van der Waals surface area contributed by atoms with Crippen molar-refractivity contribution in [1.29, 1.82) is 5.26 Å². The highest BCUT2D eigenvalue weighted by molar-refractivity contribution is 6.02. The molecule has 0 radical (unpaired) electrons. The SMILES string of the molecule is CC(=O)N(CC(=O)Nc1ccccc1C(C)C)c1ccc(C#N)cc1. The molecule has 0 aliphatic heterocycles. The highest BCUT2D eigenvalue weighted by Crippen LogP contribution is 2.24. The van der Waals surface area contributed by atoms with Crippen LogP contribution in [0.3, 0.4) is 0 Å². The summed E-state index contributed by atoms with van der Waals surface area (Å²) in [5.74, 6) is -0.233. The summed E-state index contributed by atoms with van der Waals surface area (Å²) < 4.78 is 0. The van der Waals surface area contributed by atoms with Crippen LogP contribution in [0.5, 0.6) is 0 Å². The lowest BCUT2D eigenvalue weighted by Crippen LogP contribution is -2.36. The second kappa shape index (κ2) is 8.11. The first kappa shape index (κ1) is 18.2. The van der Waals surface area contributed by atoms with Crippen LogP contribution >= 0.6 is 0 Å². The largest absolute Gasteiger partial charge is 0.324 e. The van der Waals surface area contributed by atoms with Gasteiger partial charge in [-0.3, -0.25) is 9.59 Å². The number of rotatable bonds is 5. The van der Waals surface area contributed by atoms with E-state index in [1.165, 1.54) is 11.8 Å². The van der Waals surface area contributed by atoms with Crippen molar-refractivity contribution >= 4 is 23.2 Å². The second-order valence-electron chi connectivity index (χ2n) is 6.05. The highest BCUT2D eigenvalue weighted by Gasteiger charge is 2.17. The van der Waals surface area contributed by atoms with Crippen molar-refractivity contribution in [3.05, 3.63) is 59.7 Å². The van der Waals surface area contributed by atoms with Crippen molar-refractivity contribution in [2.45, 2.75) is 26.7 Å². The van der Waals surface area contributed by atoms with Gasteiger partial charge in [0.15, 0.2) is 0 Å². The fourth-order valence-corrected chi connectivity index (χ4v) is 2.55. The zero-order chi connectivity index (χ0) is 18.4. The molecule has 0 saturated carbocycles. The van der Waals surface area contributed by atoms with Crippen molar-refractivity contribution in [3.8, 4) is 6.07 Å². The van der Waals surface area contributed by atoms with Gasteiger partial charge < -0.3 is 10.2 Å². The molecular weight excluding hydrogens is 314 g/mol. The molecule has 0 aliphatic rings. The molecule has 5 nitrogen and oxygen atoms in total. The highest BCUT2D eigenvalue weighted by atomic mass is 16.2. The van der Waals surface area contributed by atoms with Gasteiger partial charge in [0.05, 0.1) is 11.6 Å². The first-order valence-electron chi connectivity index (χ1n) is 8.09. The molecule has 2 rings (SSSR count). The predicted octanol–water partition coefficient (Wildman–Crippen LogP) is 3.67. The van der Waals surface area contributed by atoms with Gasteiger partial charge in [0.1, 0.15) is 6.54 Å². The molecule has 0 heterocycles. The first-order chi connectivity index (χ1) is 11.9. The standard InChI is InChI=1S/C20H21N3O2/c1-14(2)18-6-4-5-7-19(18)22-20(25)13-23(15(3)24)17-10-8-16(12-21)9-11-17/h4-11,14H,13H2,1-3H3,(H,22,25). The van der Waals surface area contributed by atoms with Crippen LogP contribution in [-0.4, -0.2) is 18.4 Å². The van der Waals surface area contributed by atoms with E-state index < -0.39 is 0 Å². The Morgan fingerprint density at radius 3 is 2.32 bits per heavy atom. The molecule has 128 valence electrons. The van der Waals surface area contributed by atoms with E-state index in [-0.39, 0.29) is 24.3 Å². The van der Waals surface area contributed by atoms with Crippen LogP contribution in [0.2, 0.25) is 0 Å². The summed E-state index contributed by atoms with van der Waals surface area (Å²) in [6.45, 7) is 5.44. The van der Waals surface area contributed by atoms with E-state index in [1.807, 2.05) is 30.3 Å². The van der Waals surface area contributed by atoms with Crippen LogP contribution in [0.4, 0.5) is 11.4 Å². The molecule has 0 aliphatic carbocycles. The molecule has 0 saturated heterocycles. The maximum atomic E-state index is 12.4. The molecule has 0 atom stereocenters. The Hall–Kier alpha value is -3.13. The molecule has 5 heteroatoms. The smallest absolute Gasteiger partial charge is 0.244 e. The summed E-state index contributed by atoms with van der Waals surface area (Å²) in [5.41, 5.74) is 2.88. The quantitative estimate of drug-likeness (QED) is 0.906. The molecule has 0 fully saturated rings. The van der Waals surface area contributed by atoms with Crippen LogP contribution in [0.15, 0.2) is 48.5 Å². The number of nitrogens with zero attached hydrogens (tertiary/aromatic N) is 2. The van der Waals surface area contributed by atoms with Crippen LogP contribution in [0, 0.1) is 11.3 Å². The minimum absolute atomic E-state index is 0.0896. The van der Waals surface area contributed by atoms with E-state index in [0.717, 1.165) is 11.3 Å². The lowest BCUT2D eigenvalue weighted by Gasteiger charge is -2.21. The van der Waals surface area contributed by atoms with Gasteiger partial charge in [-0.1, -0.05) is 32.0 Å². The summed E-state index contributed by atoms with van der Waals surface area (Å²) in [4.78, 5) is 25.8. The number of amides is 2. The Labute approximate surface area is 147 Å². The average Bonchev–Trinajstić information content (AvgIpc) is 2.60. The van der Waals surface area contributed by atoms with Gasteiger partial charge in [-0.2, -0.15) is 5.26 Å². The molecular formula is C20H21N3O2. The zero-order valence-corrected chi connectivity index (χ0v) is 14.6. The number of carbonyl (C=O) groups is 2. The van der Waals surface area contributed by atoms with Crippen molar-refractivity contribution in [2.24, 2.45) is 0 Å². The fraction of sp³-hybridized carbons (Fsp3) is 0.250. The van der Waals surface area contributed by atoms with Gasteiger partial charge in [-0.05, 0) is 41.8 Å². The minimum atomic E-state index is -0.271. The van der Waals surface area contributed by atoms with Crippen molar-refractivity contribution in [1.82, 2.24) is 0 Å². The Balaban J connectivity index is 2.16. The van der Waals surface area contributed by atoms with Crippen LogP contribution < -0.4 is 10.2 Å². The minimum Gasteiger partial charge on any atom is -0.324 e. The van der Waals surface area contributed by atoms with Crippen molar-refractivity contribution in [3.63, 3.8) is 0 Å². The lowest BCUT2D eigenvalue weighted by molar-refractivity contribution is -0.120. The Bertz CT molecular complexity index is 804. The predicted molar refractivity (Wildman–Crippen MR) is 98.3 cm³/mol. The van der Waals surface area contributed by atoms with Crippen LogP contribution in [-0.2, 0) is 9.59 Å².